The summed E-state index contributed by atoms with van der Waals surface area (Å²) in [5, 5.41) is 5.46. The molecule has 0 spiro atoms. The van der Waals surface area contributed by atoms with Crippen LogP contribution in [0.25, 0.3) is 0 Å². The molecule has 1 aliphatic heterocycles. The van der Waals surface area contributed by atoms with Gasteiger partial charge in [0.1, 0.15) is 5.75 Å². The molecule has 2 N–H and O–H groups in total. The number of rotatable bonds is 7. The van der Waals surface area contributed by atoms with Gasteiger partial charge >= 0.3 is 11.8 Å². The smallest absolute Gasteiger partial charge is 0.313 e. The molecule has 4 rings (SSSR count). The lowest BCUT2D eigenvalue weighted by Gasteiger charge is -2.35. The molecule has 0 saturated heterocycles. The van der Waals surface area contributed by atoms with Crippen molar-refractivity contribution in [1.82, 2.24) is 15.2 Å². The lowest BCUT2D eigenvalue weighted by atomic mass is 9.97. The Hall–Kier alpha value is -3.71. The maximum Gasteiger partial charge on any atom is 0.313 e. The van der Waals surface area contributed by atoms with Gasteiger partial charge in [0.2, 0.25) is 0 Å². The van der Waals surface area contributed by atoms with Crippen LogP contribution >= 0.6 is 0 Å². The van der Waals surface area contributed by atoms with Crippen LogP contribution in [0.5, 0.6) is 5.75 Å². The number of ether oxygens (including phenoxy) is 1. The largest absolute Gasteiger partial charge is 0.492 e. The molecule has 7 nitrogen and oxygen atoms in total. The standard InChI is InChI=1S/C26H28N4O3/c1-2-33-24-12-6-5-11-22(24)29-26(32)25(31)28-17-23(20-10-7-14-27-16-20)30-15-13-19-8-3-4-9-21(19)18-30/h3-12,14,16,23H,2,13,15,17-18H2,1H3,(H,28,31)(H,29,32). The van der Waals surface area contributed by atoms with Crippen LogP contribution in [0, 0.1) is 0 Å². The molecule has 1 unspecified atom stereocenters. The number of amides is 2. The van der Waals surface area contributed by atoms with Crippen LogP contribution in [0.1, 0.15) is 29.7 Å². The Morgan fingerprint density at radius 3 is 2.61 bits per heavy atom. The molecule has 0 bridgehead atoms. The Balaban J connectivity index is 1.44. The quantitative estimate of drug-likeness (QED) is 0.546. The summed E-state index contributed by atoms with van der Waals surface area (Å²) in [7, 11) is 0. The van der Waals surface area contributed by atoms with Gasteiger partial charge < -0.3 is 15.4 Å². The van der Waals surface area contributed by atoms with E-state index in [-0.39, 0.29) is 6.04 Å². The van der Waals surface area contributed by atoms with E-state index in [0.29, 0.717) is 24.6 Å². The molecule has 0 aliphatic carbocycles. The minimum Gasteiger partial charge on any atom is -0.492 e. The van der Waals surface area contributed by atoms with Gasteiger partial charge in [-0.1, -0.05) is 42.5 Å². The summed E-state index contributed by atoms with van der Waals surface area (Å²) in [5.41, 5.74) is 4.11. The van der Waals surface area contributed by atoms with E-state index in [1.165, 1.54) is 11.1 Å². The van der Waals surface area contributed by atoms with Gasteiger partial charge in [-0.25, -0.2) is 0 Å². The van der Waals surface area contributed by atoms with E-state index < -0.39 is 11.8 Å². The molecule has 2 aromatic carbocycles. The molecule has 1 aliphatic rings. The highest BCUT2D eigenvalue weighted by atomic mass is 16.5. The minimum absolute atomic E-state index is 0.0977. The van der Waals surface area contributed by atoms with Gasteiger partial charge in [-0.05, 0) is 48.2 Å². The van der Waals surface area contributed by atoms with Crippen molar-refractivity contribution in [2.45, 2.75) is 25.9 Å². The Labute approximate surface area is 193 Å². The van der Waals surface area contributed by atoms with Crippen LogP contribution in [0.2, 0.25) is 0 Å². The Kier molecular flexibility index (Phi) is 7.32. The fourth-order valence-corrected chi connectivity index (χ4v) is 4.11. The SMILES string of the molecule is CCOc1ccccc1NC(=O)C(=O)NCC(c1cccnc1)N1CCc2ccccc2C1. The van der Waals surface area contributed by atoms with Crippen LogP contribution in [0.3, 0.4) is 0 Å². The van der Waals surface area contributed by atoms with Crippen molar-refractivity contribution in [3.05, 3.63) is 89.7 Å². The predicted octanol–water partition coefficient (Wildman–Crippen LogP) is 3.33. The van der Waals surface area contributed by atoms with Crippen molar-refractivity contribution in [2.24, 2.45) is 0 Å². The molecule has 33 heavy (non-hydrogen) atoms. The van der Waals surface area contributed by atoms with E-state index in [9.17, 15) is 9.59 Å². The first-order valence-corrected chi connectivity index (χ1v) is 11.2. The number of anilines is 1. The third kappa shape index (κ3) is 5.56. The van der Waals surface area contributed by atoms with Gasteiger partial charge in [-0.2, -0.15) is 0 Å². The Morgan fingerprint density at radius 1 is 1.03 bits per heavy atom. The van der Waals surface area contributed by atoms with E-state index in [0.717, 1.165) is 25.1 Å². The number of aromatic nitrogens is 1. The number of benzene rings is 2. The zero-order valence-electron chi connectivity index (χ0n) is 18.7. The molecule has 170 valence electrons. The van der Waals surface area contributed by atoms with Crippen molar-refractivity contribution < 1.29 is 14.3 Å². The number of fused-ring (bicyclic) bond motifs is 1. The van der Waals surface area contributed by atoms with Gasteiger partial charge in [0.05, 0.1) is 18.3 Å². The third-order valence-corrected chi connectivity index (χ3v) is 5.77. The molecule has 0 radical (unpaired) electrons. The van der Waals surface area contributed by atoms with Crippen molar-refractivity contribution in [3.63, 3.8) is 0 Å². The highest BCUT2D eigenvalue weighted by Crippen LogP contribution is 2.27. The predicted molar refractivity (Wildman–Crippen MR) is 127 cm³/mol. The number of hydrogen-bond acceptors (Lipinski definition) is 5. The van der Waals surface area contributed by atoms with Gasteiger partial charge in [0, 0.05) is 32.0 Å². The molecule has 0 fully saturated rings. The lowest BCUT2D eigenvalue weighted by molar-refractivity contribution is -0.136. The summed E-state index contributed by atoms with van der Waals surface area (Å²) in [6, 6.07) is 19.3. The summed E-state index contributed by atoms with van der Waals surface area (Å²) < 4.78 is 5.52. The van der Waals surface area contributed by atoms with Crippen LogP contribution in [-0.4, -0.2) is 41.4 Å². The van der Waals surface area contributed by atoms with Crippen LogP contribution in [0.15, 0.2) is 73.1 Å². The zero-order valence-corrected chi connectivity index (χ0v) is 18.7. The topological polar surface area (TPSA) is 83.6 Å². The number of carbonyl (C=O) groups is 2. The summed E-state index contributed by atoms with van der Waals surface area (Å²) in [6.45, 7) is 4.26. The Bertz CT molecular complexity index is 1100. The van der Waals surface area contributed by atoms with Crippen LogP contribution in [-0.2, 0) is 22.6 Å². The second-order valence-electron chi connectivity index (χ2n) is 7.88. The average Bonchev–Trinajstić information content (AvgIpc) is 2.86. The second-order valence-corrected chi connectivity index (χ2v) is 7.88. The number of hydrogen-bond donors (Lipinski definition) is 2. The third-order valence-electron chi connectivity index (χ3n) is 5.77. The maximum atomic E-state index is 12.6. The molecule has 1 aromatic heterocycles. The summed E-state index contributed by atoms with van der Waals surface area (Å²) >= 11 is 0. The first kappa shape index (κ1) is 22.5. The molecule has 7 heteroatoms. The van der Waals surface area contributed by atoms with Crippen molar-refractivity contribution in [2.75, 3.05) is 25.0 Å². The molecule has 2 amide bonds. The van der Waals surface area contributed by atoms with E-state index in [1.807, 2.05) is 37.4 Å². The molecule has 3 aromatic rings. The highest BCUT2D eigenvalue weighted by Gasteiger charge is 2.26. The molecule has 1 atom stereocenters. The van der Waals surface area contributed by atoms with E-state index in [1.54, 1.807) is 24.4 Å². The number of para-hydroxylation sites is 2. The molecular weight excluding hydrogens is 416 g/mol. The normalized spacial score (nSPS) is 14.1. The summed E-state index contributed by atoms with van der Waals surface area (Å²) in [6.07, 6.45) is 4.49. The van der Waals surface area contributed by atoms with Gasteiger partial charge in [-0.3, -0.25) is 19.5 Å². The first-order valence-electron chi connectivity index (χ1n) is 11.2. The minimum atomic E-state index is -0.726. The van der Waals surface area contributed by atoms with Gasteiger partial charge in [0.25, 0.3) is 0 Å². The summed E-state index contributed by atoms with van der Waals surface area (Å²) in [4.78, 5) is 31.8. The number of carbonyl (C=O) groups excluding carboxylic acids is 2. The second kappa shape index (κ2) is 10.7. The first-order chi connectivity index (χ1) is 16.2. The zero-order chi connectivity index (χ0) is 23.0. The average molecular weight is 445 g/mol. The number of nitrogens with zero attached hydrogens (tertiary/aromatic N) is 2. The fourth-order valence-electron chi connectivity index (χ4n) is 4.11. The monoisotopic (exact) mass is 444 g/mol. The van der Waals surface area contributed by atoms with Crippen molar-refractivity contribution >= 4 is 17.5 Å². The van der Waals surface area contributed by atoms with Crippen molar-refractivity contribution in [3.8, 4) is 5.75 Å². The van der Waals surface area contributed by atoms with E-state index in [2.05, 4.69) is 38.7 Å². The molecular formula is C26H28N4O3. The summed E-state index contributed by atoms with van der Waals surface area (Å²) in [5.74, 6) is -0.884. The van der Waals surface area contributed by atoms with Crippen molar-refractivity contribution in [1.29, 1.82) is 0 Å². The fraction of sp³-hybridized carbons (Fsp3) is 0.269. The molecule has 0 saturated carbocycles. The maximum absolute atomic E-state index is 12.6. The molecule has 2 heterocycles. The number of pyridine rings is 1. The Morgan fingerprint density at radius 2 is 1.82 bits per heavy atom. The van der Waals surface area contributed by atoms with Gasteiger partial charge in [0.15, 0.2) is 0 Å². The highest BCUT2D eigenvalue weighted by molar-refractivity contribution is 6.39. The number of nitrogens with one attached hydrogen (secondary N) is 2. The van der Waals surface area contributed by atoms with Crippen LogP contribution in [0.4, 0.5) is 5.69 Å². The van der Waals surface area contributed by atoms with Crippen LogP contribution < -0.4 is 15.4 Å². The van der Waals surface area contributed by atoms with E-state index >= 15 is 0 Å². The van der Waals surface area contributed by atoms with E-state index in [4.69, 9.17) is 4.74 Å². The van der Waals surface area contributed by atoms with Gasteiger partial charge in [-0.15, -0.1) is 0 Å². The lowest BCUT2D eigenvalue weighted by Crippen LogP contribution is -2.43.